The van der Waals surface area contributed by atoms with Gasteiger partial charge in [0.05, 0.1) is 12.2 Å². The molecule has 0 aromatic carbocycles. The van der Waals surface area contributed by atoms with Crippen LogP contribution in [0.1, 0.15) is 6.42 Å². The molecule has 0 amide bonds. The van der Waals surface area contributed by atoms with E-state index in [-0.39, 0.29) is 13.1 Å². The van der Waals surface area contributed by atoms with Crippen molar-refractivity contribution in [1.82, 2.24) is 4.90 Å². The first kappa shape index (κ1) is 11.3. The molecule has 3 nitrogen and oxygen atoms in total. The molecule has 0 saturated carbocycles. The summed E-state index contributed by atoms with van der Waals surface area (Å²) in [6.45, 7) is 0.320. The lowest BCUT2D eigenvalue weighted by molar-refractivity contribution is -0.162. The molecule has 0 spiro atoms. The van der Waals surface area contributed by atoms with Crippen LogP contribution in [0.4, 0.5) is 13.2 Å². The van der Waals surface area contributed by atoms with Gasteiger partial charge < -0.3 is 5.11 Å². The molecule has 1 rings (SSSR count). The standard InChI is InChI=1S/C8H11F3N2O/c9-8(10,11)6(3-12)4-13-2-1-7(14)5-13/h6-7,14H,1-2,4-5H2/t6?,7-/m0/s1. The number of β-amino-alcohol motifs (C(OH)–C–C–N with tert-alkyl or cyclic N) is 1. The zero-order chi connectivity index (χ0) is 10.8. The number of alkyl halides is 3. The second kappa shape index (κ2) is 4.15. The van der Waals surface area contributed by atoms with E-state index in [1.807, 2.05) is 0 Å². The van der Waals surface area contributed by atoms with Crippen LogP contribution in [0.15, 0.2) is 0 Å². The van der Waals surface area contributed by atoms with Crippen LogP contribution in [-0.4, -0.2) is 41.9 Å². The Balaban J connectivity index is 2.46. The number of halogens is 3. The predicted molar refractivity (Wildman–Crippen MR) is 42.2 cm³/mol. The van der Waals surface area contributed by atoms with E-state index in [0.717, 1.165) is 0 Å². The predicted octanol–water partition coefficient (Wildman–Crippen LogP) is 0.755. The van der Waals surface area contributed by atoms with Crippen molar-refractivity contribution in [1.29, 1.82) is 5.26 Å². The van der Waals surface area contributed by atoms with Gasteiger partial charge in [-0.3, -0.25) is 4.90 Å². The first-order valence-corrected chi connectivity index (χ1v) is 4.30. The lowest BCUT2D eigenvalue weighted by Crippen LogP contribution is -2.35. The summed E-state index contributed by atoms with van der Waals surface area (Å²) >= 11 is 0. The van der Waals surface area contributed by atoms with Gasteiger partial charge in [0.25, 0.3) is 0 Å². The summed E-state index contributed by atoms with van der Waals surface area (Å²) in [5.41, 5.74) is 0. The Morgan fingerprint density at radius 1 is 1.57 bits per heavy atom. The number of hydrogen-bond donors (Lipinski definition) is 1. The van der Waals surface area contributed by atoms with Crippen molar-refractivity contribution in [2.75, 3.05) is 19.6 Å². The highest BCUT2D eigenvalue weighted by Crippen LogP contribution is 2.27. The van der Waals surface area contributed by atoms with Gasteiger partial charge in [0.1, 0.15) is 0 Å². The molecule has 2 atom stereocenters. The van der Waals surface area contributed by atoms with Crippen LogP contribution < -0.4 is 0 Å². The smallest absolute Gasteiger partial charge is 0.392 e. The fourth-order valence-corrected chi connectivity index (χ4v) is 1.45. The average Bonchev–Trinajstić information content (AvgIpc) is 2.45. The van der Waals surface area contributed by atoms with Crippen LogP contribution in [0.5, 0.6) is 0 Å². The van der Waals surface area contributed by atoms with Gasteiger partial charge in [-0.1, -0.05) is 0 Å². The van der Waals surface area contributed by atoms with E-state index >= 15 is 0 Å². The lowest BCUT2D eigenvalue weighted by Gasteiger charge is -2.20. The van der Waals surface area contributed by atoms with Crippen molar-refractivity contribution in [2.45, 2.75) is 18.7 Å². The molecule has 6 heteroatoms. The summed E-state index contributed by atoms with van der Waals surface area (Å²) in [6.07, 6.45) is -4.54. The quantitative estimate of drug-likeness (QED) is 0.728. The summed E-state index contributed by atoms with van der Waals surface area (Å²) in [5, 5.41) is 17.4. The van der Waals surface area contributed by atoms with Crippen LogP contribution >= 0.6 is 0 Å². The molecule has 80 valence electrons. The Labute approximate surface area is 79.7 Å². The minimum atomic E-state index is -4.47. The van der Waals surface area contributed by atoms with Crippen LogP contribution in [-0.2, 0) is 0 Å². The minimum absolute atomic E-state index is 0.230. The lowest BCUT2D eigenvalue weighted by atomic mass is 10.1. The first-order chi connectivity index (χ1) is 6.43. The number of rotatable bonds is 2. The fraction of sp³-hybridized carbons (Fsp3) is 0.875. The molecular weight excluding hydrogens is 197 g/mol. The molecule has 1 aliphatic heterocycles. The molecule has 0 aliphatic carbocycles. The summed E-state index contributed by atoms with van der Waals surface area (Å²) < 4.78 is 36.5. The largest absolute Gasteiger partial charge is 0.405 e. The highest BCUT2D eigenvalue weighted by molar-refractivity contribution is 4.92. The highest BCUT2D eigenvalue weighted by atomic mass is 19.4. The summed E-state index contributed by atoms with van der Waals surface area (Å²) in [7, 11) is 0. The molecule has 1 saturated heterocycles. The van der Waals surface area contributed by atoms with E-state index in [9.17, 15) is 13.2 Å². The van der Waals surface area contributed by atoms with E-state index in [4.69, 9.17) is 10.4 Å². The number of nitrogens with zero attached hydrogens (tertiary/aromatic N) is 2. The van der Waals surface area contributed by atoms with Gasteiger partial charge >= 0.3 is 6.18 Å². The summed E-state index contributed by atoms with van der Waals surface area (Å²) in [6, 6.07) is 1.24. The first-order valence-electron chi connectivity index (χ1n) is 4.30. The third-order valence-electron chi connectivity index (χ3n) is 2.24. The molecule has 0 aromatic heterocycles. The van der Waals surface area contributed by atoms with Gasteiger partial charge in [0, 0.05) is 19.6 Å². The van der Waals surface area contributed by atoms with Crippen LogP contribution in [0, 0.1) is 17.2 Å². The molecule has 0 radical (unpaired) electrons. The maximum Gasteiger partial charge on any atom is 0.405 e. The number of likely N-dealkylation sites (tertiary alicyclic amines) is 1. The molecule has 1 fully saturated rings. The monoisotopic (exact) mass is 208 g/mol. The third-order valence-corrected chi connectivity index (χ3v) is 2.24. The van der Waals surface area contributed by atoms with Gasteiger partial charge in [0.15, 0.2) is 5.92 Å². The second-order valence-electron chi connectivity index (χ2n) is 3.43. The van der Waals surface area contributed by atoms with Crippen molar-refractivity contribution in [2.24, 2.45) is 5.92 Å². The normalized spacial score (nSPS) is 26.1. The number of nitriles is 1. The zero-order valence-electron chi connectivity index (χ0n) is 7.46. The van der Waals surface area contributed by atoms with Crippen molar-refractivity contribution >= 4 is 0 Å². The van der Waals surface area contributed by atoms with Crippen LogP contribution in [0.2, 0.25) is 0 Å². The van der Waals surface area contributed by atoms with Crippen molar-refractivity contribution < 1.29 is 18.3 Å². The zero-order valence-corrected chi connectivity index (χ0v) is 7.46. The molecule has 1 N–H and O–H groups in total. The van der Waals surface area contributed by atoms with Gasteiger partial charge in [0.2, 0.25) is 0 Å². The van der Waals surface area contributed by atoms with E-state index in [0.29, 0.717) is 13.0 Å². The Morgan fingerprint density at radius 2 is 2.21 bits per heavy atom. The molecule has 0 bridgehead atoms. The van der Waals surface area contributed by atoms with Crippen molar-refractivity contribution in [3.8, 4) is 6.07 Å². The van der Waals surface area contributed by atoms with E-state index in [1.165, 1.54) is 11.0 Å². The fourth-order valence-electron chi connectivity index (χ4n) is 1.45. The maximum atomic E-state index is 12.2. The van der Waals surface area contributed by atoms with Gasteiger partial charge in [-0.05, 0) is 6.42 Å². The summed E-state index contributed by atoms with van der Waals surface area (Å²) in [5.74, 6) is -1.95. The van der Waals surface area contributed by atoms with E-state index < -0.39 is 18.2 Å². The minimum Gasteiger partial charge on any atom is -0.392 e. The average molecular weight is 208 g/mol. The third kappa shape index (κ3) is 2.86. The van der Waals surface area contributed by atoms with Crippen molar-refractivity contribution in [3.63, 3.8) is 0 Å². The van der Waals surface area contributed by atoms with Crippen LogP contribution in [0.3, 0.4) is 0 Å². The summed E-state index contributed by atoms with van der Waals surface area (Å²) in [4.78, 5) is 1.46. The number of hydrogen-bond acceptors (Lipinski definition) is 3. The Bertz CT molecular complexity index is 236. The Hall–Kier alpha value is -0.800. The molecule has 1 heterocycles. The molecule has 0 aromatic rings. The maximum absolute atomic E-state index is 12.2. The highest BCUT2D eigenvalue weighted by Gasteiger charge is 2.41. The van der Waals surface area contributed by atoms with Gasteiger partial charge in [-0.2, -0.15) is 18.4 Å². The number of aliphatic hydroxyl groups is 1. The van der Waals surface area contributed by atoms with E-state index in [1.54, 1.807) is 0 Å². The SMILES string of the molecule is N#CC(CN1CC[C@H](O)C1)C(F)(F)F. The topological polar surface area (TPSA) is 47.3 Å². The van der Waals surface area contributed by atoms with E-state index in [2.05, 4.69) is 0 Å². The Morgan fingerprint density at radius 3 is 2.57 bits per heavy atom. The molecule has 14 heavy (non-hydrogen) atoms. The van der Waals surface area contributed by atoms with Crippen molar-refractivity contribution in [3.05, 3.63) is 0 Å². The van der Waals surface area contributed by atoms with Crippen LogP contribution in [0.25, 0.3) is 0 Å². The Kier molecular flexibility index (Phi) is 3.34. The second-order valence-corrected chi connectivity index (χ2v) is 3.43. The molecular formula is C8H11F3N2O. The van der Waals surface area contributed by atoms with Gasteiger partial charge in [-0.15, -0.1) is 0 Å². The van der Waals surface area contributed by atoms with Gasteiger partial charge in [-0.25, -0.2) is 0 Å². The molecule has 1 aliphatic rings. The number of aliphatic hydroxyl groups excluding tert-OH is 1. The molecule has 1 unspecified atom stereocenters.